The molecule has 2 N–H and O–H groups in total. The molecule has 0 amide bonds. The number of carboxylic acids is 2. The topological polar surface area (TPSA) is 83.8 Å². The van der Waals surface area contributed by atoms with E-state index >= 15 is 0 Å². The zero-order valence-corrected chi connectivity index (χ0v) is 12.9. The van der Waals surface area contributed by atoms with Crippen LogP contribution in [0.5, 0.6) is 0 Å². The van der Waals surface area contributed by atoms with Crippen LogP contribution in [0.4, 0.5) is 0 Å². The van der Waals surface area contributed by atoms with E-state index in [1.165, 1.54) is 7.11 Å². The molecule has 0 saturated heterocycles. The molecule has 0 bridgehead atoms. The van der Waals surface area contributed by atoms with Crippen LogP contribution in [0.15, 0.2) is 23.3 Å². The molecule has 0 aromatic rings. The largest absolute Gasteiger partial charge is 0.481 e. The molecule has 0 aliphatic heterocycles. The second kappa shape index (κ2) is 7.41. The molecule has 5 nitrogen and oxygen atoms in total. The summed E-state index contributed by atoms with van der Waals surface area (Å²) in [4.78, 5) is 23.5. The van der Waals surface area contributed by atoms with Crippen LogP contribution in [0.2, 0.25) is 0 Å². The molecule has 0 aromatic carbocycles. The van der Waals surface area contributed by atoms with Gasteiger partial charge >= 0.3 is 11.9 Å². The molecule has 5 heteroatoms. The fraction of sp³-hybridized carbons (Fsp3) is 0.625. The normalized spacial score (nSPS) is 25.2. The van der Waals surface area contributed by atoms with Crippen LogP contribution in [0, 0.1) is 11.3 Å². The van der Waals surface area contributed by atoms with Gasteiger partial charge in [0.25, 0.3) is 0 Å². The van der Waals surface area contributed by atoms with Crippen LogP contribution in [-0.4, -0.2) is 35.9 Å². The molecule has 0 aromatic heterocycles. The Balaban J connectivity index is 3.32. The van der Waals surface area contributed by atoms with E-state index in [1.807, 2.05) is 6.92 Å². The molecule has 0 saturated carbocycles. The Bertz CT molecular complexity index is 463. The first kappa shape index (κ1) is 17.4. The maximum atomic E-state index is 12.0. The number of ether oxygens (including phenoxy) is 1. The second-order valence-corrected chi connectivity index (χ2v) is 5.49. The molecule has 1 aliphatic rings. The molecule has 1 rings (SSSR count). The number of unbranched alkanes of at least 4 members (excludes halogenated alkanes) is 1. The number of hydrogen-bond acceptors (Lipinski definition) is 3. The molecule has 2 atom stereocenters. The summed E-state index contributed by atoms with van der Waals surface area (Å²) in [7, 11) is 1.52. The number of hydrogen-bond donors (Lipinski definition) is 2. The number of aliphatic carboxylic acids is 2. The summed E-state index contributed by atoms with van der Waals surface area (Å²) in [6, 6.07) is 0. The predicted molar refractivity (Wildman–Crippen MR) is 79.1 cm³/mol. The lowest BCUT2D eigenvalue weighted by atomic mass is 9.61. The number of methoxy groups -OCH3 is 1. The van der Waals surface area contributed by atoms with Gasteiger partial charge in [0.2, 0.25) is 0 Å². The summed E-state index contributed by atoms with van der Waals surface area (Å²) in [6.07, 6.45) is 5.69. The average Bonchev–Trinajstić information content (AvgIpc) is 2.43. The van der Waals surface area contributed by atoms with Crippen LogP contribution in [0.1, 0.15) is 39.5 Å². The Morgan fingerprint density at radius 2 is 2.00 bits per heavy atom. The molecular weight excluding hydrogens is 272 g/mol. The molecule has 0 spiro atoms. The van der Waals surface area contributed by atoms with Crippen molar-refractivity contribution in [2.75, 3.05) is 13.7 Å². The van der Waals surface area contributed by atoms with Gasteiger partial charge in [-0.15, -0.1) is 0 Å². The minimum absolute atomic E-state index is 0.188. The van der Waals surface area contributed by atoms with Crippen LogP contribution in [0.25, 0.3) is 0 Å². The van der Waals surface area contributed by atoms with E-state index in [-0.39, 0.29) is 18.6 Å². The monoisotopic (exact) mass is 296 g/mol. The minimum atomic E-state index is -1.19. The van der Waals surface area contributed by atoms with E-state index in [0.29, 0.717) is 12.0 Å². The summed E-state index contributed by atoms with van der Waals surface area (Å²) in [6.45, 7) is 4.05. The SMILES string of the molecule is CCCCC1C(C(=O)O)=CC=C(C)C1(CCOC)C(=O)O. The van der Waals surface area contributed by atoms with E-state index in [0.717, 1.165) is 12.8 Å². The maximum absolute atomic E-state index is 12.0. The quantitative estimate of drug-likeness (QED) is 0.719. The van der Waals surface area contributed by atoms with Gasteiger partial charge in [0.05, 0.1) is 5.41 Å². The number of carbonyl (C=O) groups is 2. The van der Waals surface area contributed by atoms with Gasteiger partial charge in [-0.05, 0) is 19.8 Å². The lowest BCUT2D eigenvalue weighted by molar-refractivity contribution is -0.151. The lowest BCUT2D eigenvalue weighted by Gasteiger charge is -2.40. The second-order valence-electron chi connectivity index (χ2n) is 5.49. The average molecular weight is 296 g/mol. The van der Waals surface area contributed by atoms with Crippen molar-refractivity contribution in [1.29, 1.82) is 0 Å². The van der Waals surface area contributed by atoms with Crippen molar-refractivity contribution < 1.29 is 24.5 Å². The van der Waals surface area contributed by atoms with Crippen molar-refractivity contribution in [3.63, 3.8) is 0 Å². The van der Waals surface area contributed by atoms with E-state index in [9.17, 15) is 19.8 Å². The molecule has 0 heterocycles. The highest BCUT2D eigenvalue weighted by molar-refractivity contribution is 5.91. The van der Waals surface area contributed by atoms with E-state index < -0.39 is 23.3 Å². The molecule has 0 radical (unpaired) electrons. The van der Waals surface area contributed by atoms with Gasteiger partial charge in [0.1, 0.15) is 0 Å². The summed E-state index contributed by atoms with van der Waals surface area (Å²) in [5.74, 6) is -2.53. The minimum Gasteiger partial charge on any atom is -0.481 e. The Morgan fingerprint density at radius 3 is 2.48 bits per heavy atom. The molecule has 2 unspecified atom stereocenters. The summed E-state index contributed by atoms with van der Waals surface area (Å²) in [5, 5.41) is 19.3. The molecule has 0 fully saturated rings. The molecule has 1 aliphatic carbocycles. The molecule has 21 heavy (non-hydrogen) atoms. The van der Waals surface area contributed by atoms with Crippen LogP contribution in [0.3, 0.4) is 0 Å². The highest BCUT2D eigenvalue weighted by Crippen LogP contribution is 2.48. The third kappa shape index (κ3) is 3.35. The lowest BCUT2D eigenvalue weighted by Crippen LogP contribution is -2.44. The van der Waals surface area contributed by atoms with Gasteiger partial charge in [0.15, 0.2) is 0 Å². The smallest absolute Gasteiger partial charge is 0.331 e. The standard InChI is InChI=1S/C16H24O5/c1-4-5-6-13-12(14(17)18)8-7-11(2)16(13,15(19)20)9-10-21-3/h7-8,13H,4-6,9-10H2,1-3H3,(H,17,18)(H,19,20). The first-order valence-electron chi connectivity index (χ1n) is 7.26. The Labute approximate surface area is 125 Å². The third-order valence-electron chi connectivity index (χ3n) is 4.36. The fourth-order valence-electron chi connectivity index (χ4n) is 3.11. The maximum Gasteiger partial charge on any atom is 0.331 e. The predicted octanol–water partition coefficient (Wildman–Crippen LogP) is 2.87. The third-order valence-corrected chi connectivity index (χ3v) is 4.36. The summed E-state index contributed by atoms with van der Waals surface area (Å²) < 4.78 is 5.06. The van der Waals surface area contributed by atoms with E-state index in [4.69, 9.17) is 4.74 Å². The number of rotatable bonds is 8. The van der Waals surface area contributed by atoms with E-state index in [2.05, 4.69) is 0 Å². The summed E-state index contributed by atoms with van der Waals surface area (Å²) >= 11 is 0. The fourth-order valence-corrected chi connectivity index (χ4v) is 3.11. The van der Waals surface area contributed by atoms with Gasteiger partial charge in [-0.2, -0.15) is 0 Å². The van der Waals surface area contributed by atoms with E-state index in [1.54, 1.807) is 19.1 Å². The summed E-state index contributed by atoms with van der Waals surface area (Å²) in [5.41, 5.74) is -0.307. The van der Waals surface area contributed by atoms with Crippen molar-refractivity contribution in [3.8, 4) is 0 Å². The molecular formula is C16H24O5. The van der Waals surface area contributed by atoms with Gasteiger partial charge in [0, 0.05) is 25.2 Å². The number of carboxylic acid groups (broad SMARTS) is 2. The Kier molecular flexibility index (Phi) is 6.15. The first-order valence-corrected chi connectivity index (χ1v) is 7.26. The van der Waals surface area contributed by atoms with Crippen LogP contribution < -0.4 is 0 Å². The van der Waals surface area contributed by atoms with Gasteiger partial charge in [-0.3, -0.25) is 4.79 Å². The highest BCUT2D eigenvalue weighted by Gasteiger charge is 2.50. The Hall–Kier alpha value is -1.62. The van der Waals surface area contributed by atoms with Crippen molar-refractivity contribution in [1.82, 2.24) is 0 Å². The highest BCUT2D eigenvalue weighted by atomic mass is 16.5. The van der Waals surface area contributed by atoms with Gasteiger partial charge in [-0.25, -0.2) is 4.79 Å². The van der Waals surface area contributed by atoms with Crippen LogP contribution in [-0.2, 0) is 14.3 Å². The number of allylic oxidation sites excluding steroid dienone is 2. The first-order chi connectivity index (χ1) is 9.91. The molecule has 118 valence electrons. The van der Waals surface area contributed by atoms with Gasteiger partial charge in [-0.1, -0.05) is 37.5 Å². The Morgan fingerprint density at radius 1 is 1.33 bits per heavy atom. The van der Waals surface area contributed by atoms with Crippen molar-refractivity contribution in [2.24, 2.45) is 11.3 Å². The van der Waals surface area contributed by atoms with Crippen molar-refractivity contribution >= 4 is 11.9 Å². The van der Waals surface area contributed by atoms with Gasteiger partial charge < -0.3 is 14.9 Å². The van der Waals surface area contributed by atoms with Crippen molar-refractivity contribution in [2.45, 2.75) is 39.5 Å². The van der Waals surface area contributed by atoms with Crippen molar-refractivity contribution in [3.05, 3.63) is 23.3 Å². The van der Waals surface area contributed by atoms with Crippen LogP contribution >= 0.6 is 0 Å². The zero-order valence-electron chi connectivity index (χ0n) is 12.9. The zero-order chi connectivity index (χ0) is 16.0.